The molecule has 0 aromatic rings. The monoisotopic (exact) mass is 876 g/mol. The number of carboxylic acids is 5. The molecule has 0 aliphatic heterocycles. The molecule has 59 heavy (non-hydrogen) atoms. The molecule has 0 radical (unpaired) electrons. The van der Waals surface area contributed by atoms with Crippen LogP contribution in [-0.4, -0.2) is 273 Å². The summed E-state index contributed by atoms with van der Waals surface area (Å²) in [4.78, 5) is 45.9. The summed E-state index contributed by atoms with van der Waals surface area (Å²) in [7, 11) is 31.8. The second-order valence-electron chi connectivity index (χ2n) is 16.8. The van der Waals surface area contributed by atoms with Crippen molar-refractivity contribution in [2.24, 2.45) is 0 Å². The molecule has 1 unspecified atom stereocenters. The van der Waals surface area contributed by atoms with Crippen LogP contribution in [0.4, 0.5) is 0 Å². The molecular formula is C37H89N5O17. The van der Waals surface area contributed by atoms with Crippen LogP contribution >= 0.6 is 0 Å². The van der Waals surface area contributed by atoms with Crippen LogP contribution in [0.5, 0.6) is 0 Å². The third-order valence-electron chi connectivity index (χ3n) is 4.80. The maximum atomic E-state index is 9.57. The van der Waals surface area contributed by atoms with Crippen LogP contribution < -0.4 is 25.5 Å². The van der Waals surface area contributed by atoms with Gasteiger partial charge in [-0.15, -0.1) is 0 Å². The summed E-state index contributed by atoms with van der Waals surface area (Å²) in [5, 5.41) is 103. The molecule has 0 saturated heterocycles. The molecule has 0 aromatic heterocycles. The Bertz CT molecular complexity index is 815. The number of aliphatic hydroxyl groups is 7. The Balaban J connectivity index is -0.0000000572. The second kappa shape index (κ2) is 49.2. The first kappa shape index (κ1) is 79.9. The molecule has 0 bridgehead atoms. The van der Waals surface area contributed by atoms with E-state index < -0.39 is 42.4 Å². The maximum absolute atomic E-state index is 9.57. The molecule has 7 N–H and O–H groups in total. The molecular weight excluding hydrogens is 786 g/mol. The Morgan fingerprint density at radius 1 is 0.424 bits per heavy atom. The van der Waals surface area contributed by atoms with Gasteiger partial charge in [0.15, 0.2) is 0 Å². The van der Waals surface area contributed by atoms with Crippen LogP contribution in [0.2, 0.25) is 0 Å². The van der Waals surface area contributed by atoms with E-state index in [1.807, 2.05) is 0 Å². The van der Waals surface area contributed by atoms with Crippen LogP contribution in [0, 0.1) is 0 Å². The summed E-state index contributed by atoms with van der Waals surface area (Å²) in [6.07, 6.45) is -2.11. The van der Waals surface area contributed by atoms with E-state index in [1.165, 1.54) is 0 Å². The molecule has 364 valence electrons. The highest BCUT2D eigenvalue weighted by Gasteiger charge is 2.04. The Labute approximate surface area is 355 Å². The smallest absolute Gasteiger partial charge is 0.101 e. The minimum atomic E-state index is -1.63. The molecule has 22 heteroatoms. The fourth-order valence-electron chi connectivity index (χ4n) is 1.78. The zero-order valence-corrected chi connectivity index (χ0v) is 40.0. The molecule has 0 spiro atoms. The highest BCUT2D eigenvalue weighted by atomic mass is 16.4. The number of hydrogen-bond donors (Lipinski definition) is 7. The Kier molecular flexibility index (Phi) is 66.7. The number of likely N-dealkylation sites (N-methyl/N-ethyl adjacent to an activating group) is 5. The van der Waals surface area contributed by atoms with Crippen LogP contribution in [0.15, 0.2) is 0 Å². The summed E-state index contributed by atoms with van der Waals surface area (Å²) in [6.45, 7) is 9.09. The zero-order valence-electron chi connectivity index (χ0n) is 40.0. The van der Waals surface area contributed by atoms with Crippen molar-refractivity contribution < 1.29 is 108 Å². The van der Waals surface area contributed by atoms with Gasteiger partial charge >= 0.3 is 0 Å². The van der Waals surface area contributed by atoms with E-state index in [0.29, 0.717) is 0 Å². The van der Waals surface area contributed by atoms with Gasteiger partial charge in [0.2, 0.25) is 0 Å². The normalized spacial score (nSPS) is 10.6. The van der Waals surface area contributed by atoms with Gasteiger partial charge in [-0.1, -0.05) is 6.92 Å². The number of hydrogen-bond acceptors (Lipinski definition) is 17. The summed E-state index contributed by atoms with van der Waals surface area (Å²) >= 11 is 0. The van der Waals surface area contributed by atoms with Crippen molar-refractivity contribution in [1.29, 1.82) is 0 Å². The molecule has 22 nitrogen and oxygen atoms in total. The highest BCUT2D eigenvalue weighted by Crippen LogP contribution is 1.87. The number of rotatable bonds is 14. The quantitative estimate of drug-likeness (QED) is 0.0629. The van der Waals surface area contributed by atoms with Gasteiger partial charge in [0.05, 0.1) is 151 Å². The van der Waals surface area contributed by atoms with Crippen LogP contribution in [-0.2, 0) is 24.0 Å². The van der Waals surface area contributed by atoms with E-state index in [2.05, 4.69) is 106 Å². The summed E-state index contributed by atoms with van der Waals surface area (Å²) in [5.74, 6) is -6.82. The van der Waals surface area contributed by atoms with E-state index in [4.69, 9.17) is 55.5 Å². The van der Waals surface area contributed by atoms with Gasteiger partial charge < -0.3 is 108 Å². The van der Waals surface area contributed by atoms with E-state index >= 15 is 0 Å². The van der Waals surface area contributed by atoms with Crippen molar-refractivity contribution in [3.63, 3.8) is 0 Å². The first-order chi connectivity index (χ1) is 26.1. The average Bonchev–Trinajstić information content (AvgIpc) is 2.95. The van der Waals surface area contributed by atoms with Crippen LogP contribution in [0.3, 0.4) is 0 Å². The van der Waals surface area contributed by atoms with Crippen molar-refractivity contribution in [2.45, 2.75) is 39.7 Å². The minimum Gasteiger partial charge on any atom is -0.550 e. The largest absolute Gasteiger partial charge is 0.550 e. The number of nitrogens with zero attached hydrogens (tertiary/aromatic N) is 5. The summed E-state index contributed by atoms with van der Waals surface area (Å²) in [6, 6.07) is 0. The first-order valence-electron chi connectivity index (χ1n) is 18.2. The molecule has 0 saturated carbocycles. The molecule has 0 fully saturated rings. The van der Waals surface area contributed by atoms with Crippen molar-refractivity contribution in [2.75, 3.05) is 179 Å². The van der Waals surface area contributed by atoms with Gasteiger partial charge in [0.25, 0.3) is 0 Å². The predicted molar refractivity (Wildman–Crippen MR) is 215 cm³/mol. The molecule has 1 atom stereocenters. The van der Waals surface area contributed by atoms with E-state index in [9.17, 15) is 29.7 Å². The van der Waals surface area contributed by atoms with Gasteiger partial charge in [-0.2, -0.15) is 0 Å². The fraction of sp³-hybridized carbons (Fsp3) is 0.865. The predicted octanol–water partition coefficient (Wildman–Crippen LogP) is -9.07. The molecule has 0 amide bonds. The number of carbonyl (C=O) groups excluding carboxylic acids is 5. The van der Waals surface area contributed by atoms with Gasteiger partial charge in [-0.3, -0.25) is 0 Å². The summed E-state index contributed by atoms with van der Waals surface area (Å²) in [5.41, 5.74) is 0. The third-order valence-corrected chi connectivity index (χ3v) is 4.80. The van der Waals surface area contributed by atoms with Gasteiger partial charge in [-0.25, -0.2) is 0 Å². The van der Waals surface area contributed by atoms with E-state index in [-0.39, 0.29) is 39.5 Å². The van der Waals surface area contributed by atoms with Crippen molar-refractivity contribution in [1.82, 2.24) is 0 Å². The van der Waals surface area contributed by atoms with Gasteiger partial charge in [-0.05, 0) is 20.3 Å². The van der Waals surface area contributed by atoms with Gasteiger partial charge in [0.1, 0.15) is 32.7 Å². The lowest BCUT2D eigenvalue weighted by Gasteiger charge is -2.21. The Morgan fingerprint density at radius 3 is 0.559 bits per heavy atom. The number of carbonyl (C=O) groups is 5. The highest BCUT2D eigenvalue weighted by molar-refractivity contribution is 5.86. The fourth-order valence-corrected chi connectivity index (χ4v) is 1.78. The molecule has 0 aromatic carbocycles. The van der Waals surface area contributed by atoms with Crippen LogP contribution in [0.1, 0.15) is 33.6 Å². The SMILES string of the molecule is CC(=O)[O-].CC(=O)[O-].CCC(O)C(=O)[O-].CO.C[N+](C)(C)CCO.C[N+](C)(C)CCO.C[N+](C)(C)CCO.C[N+](C)(C)CCO.C[N+](C)(C)CCO.O=C([O-])CC(=O)[O-]. The lowest BCUT2D eigenvalue weighted by molar-refractivity contribution is -0.870. The van der Waals surface area contributed by atoms with Crippen molar-refractivity contribution >= 4 is 29.8 Å². The number of quaternary nitrogens is 5. The van der Waals surface area contributed by atoms with Gasteiger partial charge in [0, 0.05) is 37.4 Å². The number of aliphatic carboxylic acids is 5. The Hall–Kier alpha value is -3.13. The standard InChI is InChI=1S/5C5H14NO.C4H8O3.C3H4O4.2C2H4O2.CH4O/c5*1-6(2,3)4-5-7;1-2-3(5)4(6)7;4-2(5)1-3(6)7;2*1-2(3)4;1-2/h5*7H,4-5H2,1-3H3;3,5H,2H2,1H3,(H,6,7);1H2,(H,4,5)(H,6,7);2*1H3,(H,3,4);2H,1H3/q5*+1;;;;;/p-5. The van der Waals surface area contributed by atoms with Crippen LogP contribution in [0.25, 0.3) is 0 Å². The lowest BCUT2D eigenvalue weighted by atomic mass is 10.3. The molecule has 0 rings (SSSR count). The molecule has 0 heterocycles. The second-order valence-corrected chi connectivity index (χ2v) is 16.8. The van der Waals surface area contributed by atoms with Crippen molar-refractivity contribution in [3.05, 3.63) is 0 Å². The number of carboxylic acid groups (broad SMARTS) is 5. The third kappa shape index (κ3) is 212. The molecule has 0 aliphatic carbocycles. The minimum absolute atomic E-state index is 0.211. The topological polar surface area (TPSA) is 342 Å². The molecule has 0 aliphatic rings. The summed E-state index contributed by atoms with van der Waals surface area (Å²) < 4.78 is 4.22. The van der Waals surface area contributed by atoms with Crippen molar-refractivity contribution in [3.8, 4) is 0 Å². The average molecular weight is 876 g/mol. The van der Waals surface area contributed by atoms with E-state index in [0.717, 1.165) is 76.1 Å². The zero-order chi connectivity index (χ0) is 50.4. The maximum Gasteiger partial charge on any atom is 0.101 e. The van der Waals surface area contributed by atoms with E-state index in [1.54, 1.807) is 6.92 Å². The number of aliphatic hydroxyl groups excluding tert-OH is 7. The lowest BCUT2D eigenvalue weighted by Crippen LogP contribution is -2.36. The first-order valence-corrected chi connectivity index (χ1v) is 18.2. The Morgan fingerprint density at radius 2 is 0.559 bits per heavy atom.